The van der Waals surface area contributed by atoms with E-state index in [0.717, 1.165) is 11.0 Å². The number of nitro groups is 1. The Balaban J connectivity index is 1.80. The number of halogens is 2. The van der Waals surface area contributed by atoms with Crippen molar-refractivity contribution in [2.45, 2.75) is 0 Å². The first-order valence-corrected chi connectivity index (χ1v) is 9.59. The molecule has 28 heavy (non-hydrogen) atoms. The van der Waals surface area contributed by atoms with Crippen molar-refractivity contribution in [3.8, 4) is 0 Å². The highest BCUT2D eigenvalue weighted by Gasteiger charge is 2.37. The Morgan fingerprint density at radius 2 is 1.93 bits per heavy atom. The molecule has 148 valence electrons. The summed E-state index contributed by atoms with van der Waals surface area (Å²) in [6, 6.07) is 2.32. The van der Waals surface area contributed by atoms with Gasteiger partial charge in [-0.2, -0.15) is 0 Å². The van der Waals surface area contributed by atoms with Crippen LogP contribution in [0.5, 0.6) is 0 Å². The van der Waals surface area contributed by atoms with E-state index < -0.39 is 16.1 Å². The van der Waals surface area contributed by atoms with Gasteiger partial charge in [-0.3, -0.25) is 29.4 Å². The quantitative estimate of drug-likeness (QED) is 0.397. The first kappa shape index (κ1) is 20.6. The predicted octanol–water partition coefficient (Wildman–Crippen LogP) is 2.80. The van der Waals surface area contributed by atoms with Gasteiger partial charge >= 0.3 is 0 Å². The van der Waals surface area contributed by atoms with E-state index in [-0.39, 0.29) is 38.7 Å². The highest BCUT2D eigenvalue weighted by Crippen LogP contribution is 2.36. The van der Waals surface area contributed by atoms with Crippen LogP contribution in [0.15, 0.2) is 17.0 Å². The summed E-state index contributed by atoms with van der Waals surface area (Å²) in [7, 11) is 0. The second-order valence-corrected chi connectivity index (χ2v) is 7.65. The minimum absolute atomic E-state index is 0.0123. The summed E-state index contributed by atoms with van der Waals surface area (Å²) in [6.07, 6.45) is 1.27. The molecule has 12 heteroatoms. The average molecular weight is 446 g/mol. The number of imide groups is 1. The Morgan fingerprint density at radius 3 is 2.57 bits per heavy atom. The van der Waals surface area contributed by atoms with E-state index in [4.69, 9.17) is 27.9 Å². The molecule has 0 atom stereocenters. The number of nitro benzene ring substituents is 1. The number of thioether (sulfide) groups is 1. The summed E-state index contributed by atoms with van der Waals surface area (Å²) >= 11 is 12.5. The third-order valence-electron chi connectivity index (χ3n) is 4.08. The fourth-order valence-corrected chi connectivity index (χ4v) is 3.97. The molecule has 0 bridgehead atoms. The molecule has 2 heterocycles. The number of amides is 3. The summed E-state index contributed by atoms with van der Waals surface area (Å²) in [6.45, 7) is 1.23. The topological polar surface area (TPSA) is 110 Å². The molecular weight excluding hydrogens is 433 g/mol. The van der Waals surface area contributed by atoms with E-state index in [1.807, 2.05) is 0 Å². The van der Waals surface area contributed by atoms with Crippen LogP contribution < -0.4 is 0 Å². The highest BCUT2D eigenvalue weighted by atomic mass is 35.5. The number of rotatable bonds is 4. The minimum atomic E-state index is -0.678. The van der Waals surface area contributed by atoms with Crippen molar-refractivity contribution in [3.63, 3.8) is 0 Å². The van der Waals surface area contributed by atoms with Crippen LogP contribution in [0.25, 0.3) is 6.08 Å². The van der Waals surface area contributed by atoms with Gasteiger partial charge in [0.15, 0.2) is 0 Å². The first-order valence-electron chi connectivity index (χ1n) is 8.02. The van der Waals surface area contributed by atoms with E-state index in [0.29, 0.717) is 38.1 Å². The fraction of sp³-hybridized carbons (Fsp3) is 0.312. The van der Waals surface area contributed by atoms with Crippen molar-refractivity contribution in [2.24, 2.45) is 0 Å². The second-order valence-electron chi connectivity index (χ2n) is 5.84. The van der Waals surface area contributed by atoms with Gasteiger partial charge in [-0.15, -0.1) is 0 Å². The van der Waals surface area contributed by atoms with Crippen molar-refractivity contribution >= 4 is 63.8 Å². The maximum Gasteiger partial charge on any atom is 0.294 e. The van der Waals surface area contributed by atoms with Crippen molar-refractivity contribution in [2.75, 3.05) is 32.8 Å². The predicted molar refractivity (Wildman–Crippen MR) is 103 cm³/mol. The zero-order valence-electron chi connectivity index (χ0n) is 14.2. The molecule has 0 unspecified atom stereocenters. The molecule has 2 fully saturated rings. The number of benzene rings is 1. The van der Waals surface area contributed by atoms with E-state index in [2.05, 4.69) is 0 Å². The third-order valence-corrected chi connectivity index (χ3v) is 5.62. The molecule has 2 saturated heterocycles. The number of nitrogens with zero attached hydrogens (tertiary/aromatic N) is 3. The molecule has 0 saturated carbocycles. The number of hydrogen-bond donors (Lipinski definition) is 0. The molecular formula is C16H13Cl2N3O6S. The summed E-state index contributed by atoms with van der Waals surface area (Å²) in [5.74, 6) is -1.02. The van der Waals surface area contributed by atoms with Crippen LogP contribution >= 0.6 is 35.0 Å². The largest absolute Gasteiger partial charge is 0.378 e. The fourth-order valence-electron chi connectivity index (χ4n) is 2.63. The standard InChI is InChI=1S/C16H13Cl2N3O6S/c17-10-7-11(18)12(21(25)26)5-9(10)6-13-15(23)20(16(24)28-13)8-14(22)19-1-3-27-4-2-19/h5-7H,1-4,8H2/b13-6-. The van der Waals surface area contributed by atoms with E-state index in [1.54, 1.807) is 0 Å². The Hall–Kier alpha value is -2.14. The zero-order valence-corrected chi connectivity index (χ0v) is 16.6. The van der Waals surface area contributed by atoms with Crippen LogP contribution in [0.3, 0.4) is 0 Å². The molecule has 0 spiro atoms. The summed E-state index contributed by atoms with van der Waals surface area (Å²) in [5, 5.41) is 10.4. The van der Waals surface area contributed by atoms with Gasteiger partial charge in [0, 0.05) is 29.7 Å². The van der Waals surface area contributed by atoms with Gasteiger partial charge in [0.2, 0.25) is 5.91 Å². The van der Waals surface area contributed by atoms with Gasteiger partial charge in [0.05, 0.1) is 23.0 Å². The van der Waals surface area contributed by atoms with Gasteiger partial charge in [0.25, 0.3) is 16.8 Å². The zero-order chi connectivity index (χ0) is 20.4. The first-order chi connectivity index (χ1) is 13.3. The van der Waals surface area contributed by atoms with Crippen LogP contribution in [0.2, 0.25) is 10.0 Å². The van der Waals surface area contributed by atoms with Crippen LogP contribution in [0, 0.1) is 10.1 Å². The molecule has 0 aliphatic carbocycles. The minimum Gasteiger partial charge on any atom is -0.378 e. The average Bonchev–Trinajstić information content (AvgIpc) is 2.91. The van der Waals surface area contributed by atoms with Gasteiger partial charge in [-0.05, 0) is 23.9 Å². The lowest BCUT2D eigenvalue weighted by atomic mass is 10.2. The molecule has 1 aromatic rings. The van der Waals surface area contributed by atoms with Crippen molar-refractivity contribution < 1.29 is 24.0 Å². The Morgan fingerprint density at radius 1 is 1.25 bits per heavy atom. The maximum atomic E-state index is 12.6. The highest BCUT2D eigenvalue weighted by molar-refractivity contribution is 8.18. The molecule has 2 aliphatic rings. The van der Waals surface area contributed by atoms with Crippen LogP contribution in [0.4, 0.5) is 10.5 Å². The SMILES string of the molecule is O=C(CN1C(=O)S/C(=C\c2cc([N+](=O)[O-])c(Cl)cc2Cl)C1=O)N1CCOCC1. The molecule has 9 nitrogen and oxygen atoms in total. The number of carbonyl (C=O) groups excluding carboxylic acids is 3. The second kappa shape index (κ2) is 8.48. The van der Waals surface area contributed by atoms with Crippen LogP contribution in [0.1, 0.15) is 5.56 Å². The van der Waals surface area contributed by atoms with Crippen molar-refractivity contribution in [3.05, 3.63) is 42.8 Å². The third kappa shape index (κ3) is 4.30. The normalized spacial score (nSPS) is 18.9. The lowest BCUT2D eigenvalue weighted by molar-refractivity contribution is -0.384. The number of morpholine rings is 1. The lowest BCUT2D eigenvalue weighted by Gasteiger charge is -2.28. The van der Waals surface area contributed by atoms with Gasteiger partial charge in [-0.1, -0.05) is 23.2 Å². The van der Waals surface area contributed by atoms with Gasteiger partial charge in [0.1, 0.15) is 11.6 Å². The van der Waals surface area contributed by atoms with E-state index in [1.165, 1.54) is 17.0 Å². The van der Waals surface area contributed by atoms with Crippen molar-refractivity contribution in [1.82, 2.24) is 9.80 Å². The summed E-state index contributed by atoms with van der Waals surface area (Å²) < 4.78 is 5.17. The molecule has 3 rings (SSSR count). The smallest absolute Gasteiger partial charge is 0.294 e. The van der Waals surface area contributed by atoms with Crippen LogP contribution in [-0.2, 0) is 14.3 Å². The lowest BCUT2D eigenvalue weighted by Crippen LogP contribution is -2.46. The maximum absolute atomic E-state index is 12.6. The van der Waals surface area contributed by atoms with Gasteiger partial charge < -0.3 is 9.64 Å². The Bertz CT molecular complexity index is 901. The van der Waals surface area contributed by atoms with E-state index in [9.17, 15) is 24.5 Å². The summed E-state index contributed by atoms with van der Waals surface area (Å²) in [4.78, 5) is 49.8. The van der Waals surface area contributed by atoms with Crippen LogP contribution in [-0.4, -0.2) is 64.6 Å². The Labute approximate surface area is 173 Å². The molecule has 0 N–H and O–H groups in total. The number of hydrogen-bond acceptors (Lipinski definition) is 7. The Kier molecular flexibility index (Phi) is 6.23. The van der Waals surface area contributed by atoms with E-state index >= 15 is 0 Å². The molecule has 3 amide bonds. The molecule has 2 aliphatic heterocycles. The van der Waals surface area contributed by atoms with Gasteiger partial charge in [-0.25, -0.2) is 0 Å². The monoisotopic (exact) mass is 445 g/mol. The van der Waals surface area contributed by atoms with Crippen molar-refractivity contribution in [1.29, 1.82) is 0 Å². The summed E-state index contributed by atoms with van der Waals surface area (Å²) in [5.41, 5.74) is -0.207. The molecule has 0 radical (unpaired) electrons. The molecule has 0 aromatic heterocycles. The molecule has 1 aromatic carbocycles. The number of carbonyl (C=O) groups is 3. The number of ether oxygens (including phenoxy) is 1.